The van der Waals surface area contributed by atoms with Crippen molar-refractivity contribution in [3.63, 3.8) is 0 Å². The Labute approximate surface area is 137 Å². The van der Waals surface area contributed by atoms with Crippen molar-refractivity contribution in [2.45, 2.75) is 23.8 Å². The number of likely N-dealkylation sites (N-methyl/N-ethyl adjacent to an activating group) is 1. The molecule has 1 saturated carbocycles. The standard InChI is InChI=1S/C14H20N2O4S.ClH/c1-16(13(9-15)10-6-7-10)21(18,19)12-5-3-4-11(8-12)14(17)20-2;/h3-5,8,10,13H,6-7,9,15H2,1-2H3;1H. The van der Waals surface area contributed by atoms with Crippen LogP contribution in [0.25, 0.3) is 0 Å². The highest BCUT2D eigenvalue weighted by atomic mass is 35.5. The third-order valence-corrected chi connectivity index (χ3v) is 5.69. The summed E-state index contributed by atoms with van der Waals surface area (Å²) >= 11 is 0. The average Bonchev–Trinajstić information content (AvgIpc) is 3.32. The van der Waals surface area contributed by atoms with E-state index in [9.17, 15) is 13.2 Å². The predicted molar refractivity (Wildman–Crippen MR) is 85.5 cm³/mol. The van der Waals surface area contributed by atoms with E-state index in [4.69, 9.17) is 5.73 Å². The molecule has 22 heavy (non-hydrogen) atoms. The molecule has 6 nitrogen and oxygen atoms in total. The Bertz CT molecular complexity index is 631. The first-order chi connectivity index (χ1) is 9.91. The first-order valence-corrected chi connectivity index (χ1v) is 8.22. The van der Waals surface area contributed by atoms with Gasteiger partial charge in [-0.05, 0) is 37.0 Å². The third kappa shape index (κ3) is 3.78. The van der Waals surface area contributed by atoms with Gasteiger partial charge in [-0.2, -0.15) is 4.31 Å². The van der Waals surface area contributed by atoms with E-state index in [0.29, 0.717) is 5.92 Å². The summed E-state index contributed by atoms with van der Waals surface area (Å²) in [7, 11) is -0.879. The van der Waals surface area contributed by atoms with E-state index in [-0.39, 0.29) is 35.5 Å². The number of hydrogen-bond donors (Lipinski definition) is 1. The Morgan fingerprint density at radius 2 is 2.09 bits per heavy atom. The number of rotatable bonds is 6. The largest absolute Gasteiger partial charge is 0.465 e. The molecule has 2 N–H and O–H groups in total. The zero-order valence-electron chi connectivity index (χ0n) is 12.6. The SMILES string of the molecule is COC(=O)c1cccc(S(=O)(=O)N(C)C(CN)C2CC2)c1.Cl. The Morgan fingerprint density at radius 1 is 1.45 bits per heavy atom. The topological polar surface area (TPSA) is 89.7 Å². The van der Waals surface area contributed by atoms with Gasteiger partial charge in [0.1, 0.15) is 0 Å². The summed E-state index contributed by atoms with van der Waals surface area (Å²) in [6.07, 6.45) is 2.01. The molecule has 1 aliphatic carbocycles. The fourth-order valence-corrected chi connectivity index (χ4v) is 3.84. The molecular formula is C14H21ClN2O4S. The normalized spacial score (nSPS) is 16.0. The van der Waals surface area contributed by atoms with Crippen molar-refractivity contribution in [3.8, 4) is 0 Å². The van der Waals surface area contributed by atoms with Crippen LogP contribution in [0.3, 0.4) is 0 Å². The van der Waals surface area contributed by atoms with Crippen LogP contribution >= 0.6 is 12.4 Å². The van der Waals surface area contributed by atoms with E-state index in [0.717, 1.165) is 12.8 Å². The van der Waals surface area contributed by atoms with Crippen molar-refractivity contribution in [2.75, 3.05) is 20.7 Å². The second kappa shape index (κ2) is 7.41. The Hall–Kier alpha value is -1.15. The fraction of sp³-hybridized carbons (Fsp3) is 0.500. The number of halogens is 1. The van der Waals surface area contributed by atoms with E-state index in [1.165, 1.54) is 42.7 Å². The summed E-state index contributed by atoms with van der Waals surface area (Å²) in [5.41, 5.74) is 5.92. The molecule has 2 rings (SSSR count). The molecular weight excluding hydrogens is 328 g/mol. The van der Waals surface area contributed by atoms with Crippen molar-refractivity contribution in [2.24, 2.45) is 11.7 Å². The molecule has 1 aromatic rings. The molecule has 1 aliphatic rings. The molecule has 0 bridgehead atoms. The lowest BCUT2D eigenvalue weighted by atomic mass is 10.2. The number of sulfonamides is 1. The predicted octanol–water partition coefficient (Wildman–Crippen LogP) is 1.25. The van der Waals surface area contributed by atoms with Crippen LogP contribution in [0.1, 0.15) is 23.2 Å². The molecule has 0 saturated heterocycles. The van der Waals surface area contributed by atoms with Crippen molar-refractivity contribution in [1.82, 2.24) is 4.31 Å². The van der Waals surface area contributed by atoms with Gasteiger partial charge in [-0.15, -0.1) is 12.4 Å². The Morgan fingerprint density at radius 3 is 2.59 bits per heavy atom. The monoisotopic (exact) mass is 348 g/mol. The number of benzene rings is 1. The Kier molecular flexibility index (Phi) is 6.37. The van der Waals surface area contributed by atoms with E-state index in [1.807, 2.05) is 0 Å². The van der Waals surface area contributed by atoms with E-state index >= 15 is 0 Å². The van der Waals surface area contributed by atoms with Gasteiger partial charge in [0.2, 0.25) is 10.0 Å². The van der Waals surface area contributed by atoms with Gasteiger partial charge >= 0.3 is 5.97 Å². The minimum Gasteiger partial charge on any atom is -0.465 e. The van der Waals surface area contributed by atoms with E-state index in [1.54, 1.807) is 0 Å². The number of carbonyl (C=O) groups excluding carboxylic acids is 1. The highest BCUT2D eigenvalue weighted by molar-refractivity contribution is 7.89. The molecule has 0 radical (unpaired) electrons. The molecule has 0 heterocycles. The first kappa shape index (κ1) is 18.9. The minimum absolute atomic E-state index is 0. The highest BCUT2D eigenvalue weighted by Gasteiger charge is 2.38. The zero-order valence-corrected chi connectivity index (χ0v) is 14.2. The summed E-state index contributed by atoms with van der Waals surface area (Å²) < 4.78 is 31.2. The summed E-state index contributed by atoms with van der Waals surface area (Å²) in [4.78, 5) is 11.6. The number of ether oxygens (including phenoxy) is 1. The lowest BCUT2D eigenvalue weighted by Gasteiger charge is -2.26. The highest BCUT2D eigenvalue weighted by Crippen LogP contribution is 2.36. The molecule has 1 unspecified atom stereocenters. The van der Waals surface area contributed by atoms with E-state index < -0.39 is 16.0 Å². The maximum atomic E-state index is 12.6. The van der Waals surface area contributed by atoms with Gasteiger partial charge in [0.25, 0.3) is 0 Å². The minimum atomic E-state index is -3.67. The molecule has 0 aromatic heterocycles. The van der Waals surface area contributed by atoms with Crippen LogP contribution in [0.2, 0.25) is 0 Å². The van der Waals surface area contributed by atoms with Crippen LogP contribution in [0.15, 0.2) is 29.2 Å². The van der Waals surface area contributed by atoms with Gasteiger partial charge < -0.3 is 10.5 Å². The van der Waals surface area contributed by atoms with Crippen molar-refractivity contribution in [3.05, 3.63) is 29.8 Å². The number of carbonyl (C=O) groups is 1. The van der Waals surface area contributed by atoms with Gasteiger partial charge in [-0.3, -0.25) is 0 Å². The smallest absolute Gasteiger partial charge is 0.337 e. The van der Waals surface area contributed by atoms with Crippen LogP contribution in [0, 0.1) is 5.92 Å². The van der Waals surface area contributed by atoms with Gasteiger partial charge in [0, 0.05) is 19.6 Å². The second-order valence-corrected chi connectivity index (χ2v) is 7.18. The summed E-state index contributed by atoms with van der Waals surface area (Å²) in [6.45, 7) is 0.289. The maximum Gasteiger partial charge on any atom is 0.337 e. The van der Waals surface area contributed by atoms with Crippen molar-refractivity contribution < 1.29 is 17.9 Å². The van der Waals surface area contributed by atoms with Gasteiger partial charge in [0.15, 0.2) is 0 Å². The van der Waals surface area contributed by atoms with Crippen molar-refractivity contribution in [1.29, 1.82) is 0 Å². The van der Waals surface area contributed by atoms with Gasteiger partial charge in [-0.25, -0.2) is 13.2 Å². The second-order valence-electron chi connectivity index (χ2n) is 5.18. The van der Waals surface area contributed by atoms with Crippen LogP contribution < -0.4 is 5.73 Å². The molecule has 0 spiro atoms. The number of methoxy groups -OCH3 is 1. The van der Waals surface area contributed by atoms with Crippen LogP contribution in [0.4, 0.5) is 0 Å². The molecule has 1 aromatic carbocycles. The molecule has 0 aliphatic heterocycles. The van der Waals surface area contributed by atoms with Crippen LogP contribution in [0.5, 0.6) is 0 Å². The molecule has 1 fully saturated rings. The van der Waals surface area contributed by atoms with E-state index in [2.05, 4.69) is 4.74 Å². The zero-order chi connectivity index (χ0) is 15.6. The number of nitrogens with two attached hydrogens (primary N) is 1. The number of hydrogen-bond acceptors (Lipinski definition) is 5. The summed E-state index contributed by atoms with van der Waals surface area (Å²) in [6, 6.07) is 5.65. The maximum absolute atomic E-state index is 12.6. The average molecular weight is 349 g/mol. The lowest BCUT2D eigenvalue weighted by molar-refractivity contribution is 0.0600. The first-order valence-electron chi connectivity index (χ1n) is 6.78. The number of nitrogens with zero attached hydrogens (tertiary/aromatic N) is 1. The molecule has 0 amide bonds. The molecule has 1 atom stereocenters. The third-order valence-electron chi connectivity index (χ3n) is 3.81. The van der Waals surface area contributed by atoms with Crippen LogP contribution in [-0.2, 0) is 14.8 Å². The molecule has 8 heteroatoms. The summed E-state index contributed by atoms with van der Waals surface area (Å²) in [5.74, 6) is -0.231. The fourth-order valence-electron chi connectivity index (χ4n) is 2.36. The van der Waals surface area contributed by atoms with Crippen molar-refractivity contribution >= 4 is 28.4 Å². The van der Waals surface area contributed by atoms with Crippen LogP contribution in [-0.4, -0.2) is 45.4 Å². The summed E-state index contributed by atoms with van der Waals surface area (Å²) in [5, 5.41) is 0. The molecule has 124 valence electrons. The Balaban J connectivity index is 0.00000242. The lowest BCUT2D eigenvalue weighted by Crippen LogP contribution is -2.43. The van der Waals surface area contributed by atoms with Gasteiger partial charge in [-0.1, -0.05) is 6.07 Å². The quantitative estimate of drug-likeness (QED) is 0.781. The van der Waals surface area contributed by atoms with Gasteiger partial charge in [0.05, 0.1) is 17.6 Å². The number of esters is 1.